The predicted octanol–water partition coefficient (Wildman–Crippen LogP) is 4.33. The molecule has 1 amide bonds. The van der Waals surface area contributed by atoms with Gasteiger partial charge in [-0.05, 0) is 47.0 Å². The van der Waals surface area contributed by atoms with Crippen LogP contribution in [0, 0.1) is 0 Å². The number of hydrogen-bond donors (Lipinski definition) is 2. The van der Waals surface area contributed by atoms with Gasteiger partial charge in [0, 0.05) is 23.5 Å². The topological polar surface area (TPSA) is 80.4 Å². The van der Waals surface area contributed by atoms with E-state index in [2.05, 4.69) is 10.3 Å². The zero-order valence-electron chi connectivity index (χ0n) is 18.3. The summed E-state index contributed by atoms with van der Waals surface area (Å²) in [5.74, 6) is -0.347. The van der Waals surface area contributed by atoms with Crippen LogP contribution in [0.2, 0.25) is 0 Å². The van der Waals surface area contributed by atoms with Crippen LogP contribution in [-0.2, 0) is 20.7 Å². The minimum atomic E-state index is -0.779. The molecule has 0 radical (unpaired) electrons. The van der Waals surface area contributed by atoms with Crippen molar-refractivity contribution < 1.29 is 19.1 Å². The molecule has 1 aromatic heterocycles. The van der Waals surface area contributed by atoms with Crippen molar-refractivity contribution in [3.8, 4) is 5.75 Å². The lowest BCUT2D eigenvalue weighted by Crippen LogP contribution is -2.44. The lowest BCUT2D eigenvalue weighted by Gasteiger charge is -2.20. The monoisotopic (exact) mass is 430 g/mol. The van der Waals surface area contributed by atoms with E-state index >= 15 is 0 Å². The fourth-order valence-electron chi connectivity index (χ4n) is 3.94. The van der Waals surface area contributed by atoms with Crippen molar-refractivity contribution in [2.24, 2.45) is 0 Å². The third-order valence-electron chi connectivity index (χ3n) is 5.87. The van der Waals surface area contributed by atoms with E-state index in [1.165, 1.54) is 7.11 Å². The average Bonchev–Trinajstić information content (AvgIpc) is 3.24. The van der Waals surface area contributed by atoms with Crippen molar-refractivity contribution in [1.29, 1.82) is 0 Å². The van der Waals surface area contributed by atoms with Crippen LogP contribution in [0.25, 0.3) is 21.7 Å². The molecule has 0 fully saturated rings. The Balaban J connectivity index is 1.53. The first-order valence-corrected chi connectivity index (χ1v) is 10.5. The number of aromatic amines is 1. The van der Waals surface area contributed by atoms with E-state index < -0.39 is 17.9 Å². The van der Waals surface area contributed by atoms with Crippen molar-refractivity contribution in [1.82, 2.24) is 10.3 Å². The molecule has 6 heteroatoms. The fraction of sp³-hybridized carbons (Fsp3) is 0.231. The second-order valence-electron chi connectivity index (χ2n) is 7.84. The van der Waals surface area contributed by atoms with E-state index in [4.69, 9.17) is 9.47 Å². The predicted molar refractivity (Wildman–Crippen MR) is 125 cm³/mol. The van der Waals surface area contributed by atoms with Crippen LogP contribution in [-0.4, -0.2) is 37.1 Å². The normalized spacial score (nSPS) is 13.0. The van der Waals surface area contributed by atoms with Gasteiger partial charge in [0.2, 0.25) is 5.91 Å². The van der Waals surface area contributed by atoms with Crippen LogP contribution in [0.5, 0.6) is 5.75 Å². The first-order valence-electron chi connectivity index (χ1n) is 10.5. The van der Waals surface area contributed by atoms with E-state index in [-0.39, 0.29) is 5.91 Å². The summed E-state index contributed by atoms with van der Waals surface area (Å²) < 4.78 is 10.2. The zero-order chi connectivity index (χ0) is 22.7. The summed E-state index contributed by atoms with van der Waals surface area (Å²) in [7, 11) is 2.97. The summed E-state index contributed by atoms with van der Waals surface area (Å²) >= 11 is 0. The van der Waals surface area contributed by atoms with Gasteiger partial charge >= 0.3 is 5.97 Å². The maximum Gasteiger partial charge on any atom is 0.328 e. The molecule has 3 aromatic carbocycles. The lowest BCUT2D eigenvalue weighted by atomic mass is 9.96. The molecule has 1 heterocycles. The van der Waals surface area contributed by atoms with Crippen molar-refractivity contribution in [2.45, 2.75) is 25.3 Å². The first kappa shape index (κ1) is 21.4. The van der Waals surface area contributed by atoms with Crippen LogP contribution in [0.15, 0.2) is 66.9 Å². The SMILES string of the molecule is COC(=O)[C@H](Cc1c[nH]c2ccccc12)NC(=O)[C@@H](C)c1ccc2cc(OC)ccc2c1. The second kappa shape index (κ2) is 9.14. The van der Waals surface area contributed by atoms with Crippen molar-refractivity contribution in [3.63, 3.8) is 0 Å². The van der Waals surface area contributed by atoms with Gasteiger partial charge in [-0.1, -0.05) is 42.5 Å². The highest BCUT2D eigenvalue weighted by molar-refractivity contribution is 5.91. The van der Waals surface area contributed by atoms with Crippen LogP contribution in [0.3, 0.4) is 0 Å². The van der Waals surface area contributed by atoms with Gasteiger partial charge in [0.15, 0.2) is 0 Å². The Morgan fingerprint density at radius 1 is 1.00 bits per heavy atom. The zero-order valence-corrected chi connectivity index (χ0v) is 18.3. The Morgan fingerprint density at radius 2 is 1.75 bits per heavy atom. The van der Waals surface area contributed by atoms with Gasteiger partial charge in [0.05, 0.1) is 20.1 Å². The van der Waals surface area contributed by atoms with E-state index in [1.807, 2.05) is 73.8 Å². The number of fused-ring (bicyclic) bond motifs is 2. The van der Waals surface area contributed by atoms with Crippen LogP contribution in [0.4, 0.5) is 0 Å². The Bertz CT molecular complexity index is 1280. The number of methoxy groups -OCH3 is 2. The summed E-state index contributed by atoms with van der Waals surface area (Å²) in [6, 6.07) is 18.8. The molecule has 0 aliphatic carbocycles. The van der Waals surface area contributed by atoms with Gasteiger partial charge in [-0.2, -0.15) is 0 Å². The quantitative estimate of drug-likeness (QED) is 0.428. The number of hydrogen-bond acceptors (Lipinski definition) is 4. The van der Waals surface area contributed by atoms with Crippen LogP contribution >= 0.6 is 0 Å². The third-order valence-corrected chi connectivity index (χ3v) is 5.87. The Morgan fingerprint density at radius 3 is 2.53 bits per heavy atom. The van der Waals surface area contributed by atoms with Gasteiger partial charge in [-0.3, -0.25) is 4.79 Å². The second-order valence-corrected chi connectivity index (χ2v) is 7.84. The third kappa shape index (κ3) is 4.30. The molecule has 0 saturated heterocycles. The number of esters is 1. The van der Waals surface area contributed by atoms with Gasteiger partial charge in [-0.25, -0.2) is 4.79 Å². The number of nitrogens with one attached hydrogen (secondary N) is 2. The van der Waals surface area contributed by atoms with Crippen molar-refractivity contribution >= 4 is 33.6 Å². The number of para-hydroxylation sites is 1. The number of ether oxygens (including phenoxy) is 2. The van der Waals surface area contributed by atoms with Crippen molar-refractivity contribution in [3.05, 3.63) is 78.0 Å². The molecular formula is C26H26N2O4. The standard InChI is InChI=1S/C26H26N2O4/c1-16(17-8-9-19-13-21(31-2)11-10-18(19)12-17)25(29)28-24(26(30)32-3)14-20-15-27-23-7-5-4-6-22(20)23/h4-13,15-16,24,27H,14H2,1-3H3,(H,28,29)/t16-,24-/m0/s1. The highest BCUT2D eigenvalue weighted by Crippen LogP contribution is 2.26. The maximum atomic E-state index is 13.1. The molecule has 164 valence electrons. The lowest BCUT2D eigenvalue weighted by molar-refractivity contribution is -0.145. The van der Waals surface area contributed by atoms with Crippen LogP contribution in [0.1, 0.15) is 24.0 Å². The highest BCUT2D eigenvalue weighted by Gasteiger charge is 2.26. The highest BCUT2D eigenvalue weighted by atomic mass is 16.5. The minimum Gasteiger partial charge on any atom is -0.497 e. The fourth-order valence-corrected chi connectivity index (χ4v) is 3.94. The summed E-state index contributed by atoms with van der Waals surface area (Å²) in [5, 5.41) is 5.96. The summed E-state index contributed by atoms with van der Waals surface area (Å²) in [6.07, 6.45) is 2.21. The molecule has 0 aliphatic heterocycles. The number of amides is 1. The molecule has 0 bridgehead atoms. The molecule has 2 N–H and O–H groups in total. The van der Waals surface area contributed by atoms with Crippen molar-refractivity contribution in [2.75, 3.05) is 14.2 Å². The number of carbonyl (C=O) groups is 2. The molecular weight excluding hydrogens is 404 g/mol. The van der Waals surface area contributed by atoms with E-state index in [0.717, 1.165) is 38.6 Å². The first-order chi connectivity index (χ1) is 15.5. The Hall–Kier alpha value is -3.80. The van der Waals surface area contributed by atoms with Gasteiger partial charge < -0.3 is 19.8 Å². The number of carbonyl (C=O) groups excluding carboxylic acids is 2. The van der Waals surface area contributed by atoms with Gasteiger partial charge in [-0.15, -0.1) is 0 Å². The smallest absolute Gasteiger partial charge is 0.328 e. The molecule has 4 aromatic rings. The van der Waals surface area contributed by atoms with E-state index in [9.17, 15) is 9.59 Å². The molecule has 0 aliphatic rings. The molecule has 4 rings (SSSR count). The minimum absolute atomic E-state index is 0.229. The van der Waals surface area contributed by atoms with Crippen LogP contribution < -0.4 is 10.1 Å². The molecule has 0 spiro atoms. The largest absolute Gasteiger partial charge is 0.497 e. The number of aromatic nitrogens is 1. The summed E-state index contributed by atoms with van der Waals surface area (Å²) in [4.78, 5) is 28.7. The van der Waals surface area contributed by atoms with E-state index in [0.29, 0.717) is 6.42 Å². The molecule has 0 saturated carbocycles. The Kier molecular flexibility index (Phi) is 6.12. The van der Waals surface area contributed by atoms with E-state index in [1.54, 1.807) is 7.11 Å². The number of rotatable bonds is 7. The summed E-state index contributed by atoms with van der Waals surface area (Å²) in [6.45, 7) is 1.83. The number of benzene rings is 3. The molecule has 32 heavy (non-hydrogen) atoms. The summed E-state index contributed by atoms with van der Waals surface area (Å²) in [5.41, 5.74) is 2.80. The van der Waals surface area contributed by atoms with Gasteiger partial charge in [0.25, 0.3) is 0 Å². The maximum absolute atomic E-state index is 13.1. The molecule has 6 nitrogen and oxygen atoms in total. The number of H-pyrrole nitrogens is 1. The Labute approximate surface area is 186 Å². The molecule has 2 atom stereocenters. The average molecular weight is 431 g/mol. The molecule has 0 unspecified atom stereocenters. The van der Waals surface area contributed by atoms with Gasteiger partial charge in [0.1, 0.15) is 11.8 Å².